The highest BCUT2D eigenvalue weighted by Gasteiger charge is 2.11. The predicted octanol–water partition coefficient (Wildman–Crippen LogP) is 2.55. The lowest BCUT2D eigenvalue weighted by Crippen LogP contribution is -2.08. The standard InChI is InChI=1S/C16H21N5/c1-3-4-16-19-14-11-12(17)5-6-15(14)21(16)10-8-13-7-9-18-20(13)2/h5-7,9,11H,3-4,8,10,17H2,1-2H3. The third kappa shape index (κ3) is 2.63. The molecule has 1 aromatic carbocycles. The van der Waals surface area contributed by atoms with Gasteiger partial charge in [0.1, 0.15) is 5.82 Å². The van der Waals surface area contributed by atoms with Gasteiger partial charge in [0, 0.05) is 44.0 Å². The van der Waals surface area contributed by atoms with E-state index in [4.69, 9.17) is 10.7 Å². The summed E-state index contributed by atoms with van der Waals surface area (Å²) >= 11 is 0. The SMILES string of the molecule is CCCc1nc2cc(N)ccc2n1CCc1ccnn1C. The van der Waals surface area contributed by atoms with E-state index >= 15 is 0 Å². The Morgan fingerprint density at radius 1 is 1.19 bits per heavy atom. The highest BCUT2D eigenvalue weighted by Crippen LogP contribution is 2.20. The number of hydrogen-bond donors (Lipinski definition) is 1. The lowest BCUT2D eigenvalue weighted by molar-refractivity contribution is 0.620. The van der Waals surface area contributed by atoms with E-state index in [0.717, 1.165) is 48.4 Å². The normalized spacial score (nSPS) is 11.3. The third-order valence-corrected chi connectivity index (χ3v) is 3.84. The van der Waals surface area contributed by atoms with Crippen LogP contribution in [0.2, 0.25) is 0 Å². The fraction of sp³-hybridized carbons (Fsp3) is 0.375. The van der Waals surface area contributed by atoms with E-state index in [1.807, 2.05) is 30.1 Å². The molecule has 2 N–H and O–H groups in total. The van der Waals surface area contributed by atoms with Crippen molar-refractivity contribution in [3.05, 3.63) is 42.0 Å². The van der Waals surface area contributed by atoms with Crippen LogP contribution >= 0.6 is 0 Å². The molecule has 0 aliphatic rings. The number of benzene rings is 1. The highest BCUT2D eigenvalue weighted by atomic mass is 15.3. The molecule has 0 amide bonds. The van der Waals surface area contributed by atoms with Crippen LogP contribution in [0.5, 0.6) is 0 Å². The number of rotatable bonds is 5. The number of anilines is 1. The minimum absolute atomic E-state index is 0.766. The first-order valence-electron chi connectivity index (χ1n) is 7.40. The van der Waals surface area contributed by atoms with Gasteiger partial charge in [0.25, 0.3) is 0 Å². The second-order valence-corrected chi connectivity index (χ2v) is 5.37. The third-order valence-electron chi connectivity index (χ3n) is 3.84. The molecule has 21 heavy (non-hydrogen) atoms. The molecule has 3 rings (SSSR count). The molecule has 110 valence electrons. The van der Waals surface area contributed by atoms with Crippen LogP contribution in [-0.2, 0) is 26.4 Å². The Labute approximate surface area is 124 Å². The molecule has 2 heterocycles. The zero-order chi connectivity index (χ0) is 14.8. The van der Waals surface area contributed by atoms with Crippen molar-refractivity contribution in [2.45, 2.75) is 32.7 Å². The van der Waals surface area contributed by atoms with Crippen molar-refractivity contribution < 1.29 is 0 Å². The Hall–Kier alpha value is -2.30. The molecule has 0 unspecified atom stereocenters. The summed E-state index contributed by atoms with van der Waals surface area (Å²) in [6.45, 7) is 3.09. The number of hydrogen-bond acceptors (Lipinski definition) is 3. The minimum Gasteiger partial charge on any atom is -0.399 e. The summed E-state index contributed by atoms with van der Waals surface area (Å²) in [5, 5.41) is 4.22. The number of fused-ring (bicyclic) bond motifs is 1. The van der Waals surface area contributed by atoms with Crippen molar-refractivity contribution in [3.8, 4) is 0 Å². The van der Waals surface area contributed by atoms with Crippen LogP contribution in [0.15, 0.2) is 30.5 Å². The average molecular weight is 283 g/mol. The molecule has 0 saturated heterocycles. The van der Waals surface area contributed by atoms with Gasteiger partial charge < -0.3 is 10.3 Å². The fourth-order valence-corrected chi connectivity index (χ4v) is 2.73. The molecule has 0 fully saturated rings. The first kappa shape index (κ1) is 13.7. The van der Waals surface area contributed by atoms with Crippen molar-refractivity contribution in [2.24, 2.45) is 7.05 Å². The molecule has 2 aromatic heterocycles. The van der Waals surface area contributed by atoms with E-state index in [1.54, 1.807) is 0 Å². The minimum atomic E-state index is 0.766. The fourth-order valence-electron chi connectivity index (χ4n) is 2.73. The van der Waals surface area contributed by atoms with E-state index in [0.29, 0.717) is 0 Å². The number of aromatic nitrogens is 4. The summed E-state index contributed by atoms with van der Waals surface area (Å²) in [6, 6.07) is 8.03. The maximum atomic E-state index is 5.87. The Morgan fingerprint density at radius 2 is 2.05 bits per heavy atom. The predicted molar refractivity (Wildman–Crippen MR) is 85.1 cm³/mol. The molecular weight excluding hydrogens is 262 g/mol. The molecule has 0 bridgehead atoms. The van der Waals surface area contributed by atoms with E-state index in [-0.39, 0.29) is 0 Å². The Kier molecular flexibility index (Phi) is 3.64. The van der Waals surface area contributed by atoms with Crippen LogP contribution < -0.4 is 5.73 Å². The van der Waals surface area contributed by atoms with Gasteiger partial charge >= 0.3 is 0 Å². The quantitative estimate of drug-likeness (QED) is 0.732. The molecule has 5 heteroatoms. The Bertz CT molecular complexity index is 753. The van der Waals surface area contributed by atoms with Crippen molar-refractivity contribution in [1.82, 2.24) is 19.3 Å². The first-order valence-corrected chi connectivity index (χ1v) is 7.40. The monoisotopic (exact) mass is 283 g/mol. The summed E-state index contributed by atoms with van der Waals surface area (Å²) < 4.78 is 4.24. The molecule has 0 spiro atoms. The van der Waals surface area contributed by atoms with Gasteiger partial charge in [-0.2, -0.15) is 5.10 Å². The van der Waals surface area contributed by atoms with Crippen LogP contribution in [0.25, 0.3) is 11.0 Å². The largest absolute Gasteiger partial charge is 0.399 e. The summed E-state index contributed by atoms with van der Waals surface area (Å²) in [5.41, 5.74) is 10.0. The molecule has 5 nitrogen and oxygen atoms in total. The zero-order valence-electron chi connectivity index (χ0n) is 12.6. The van der Waals surface area contributed by atoms with Gasteiger partial charge in [0.05, 0.1) is 11.0 Å². The van der Waals surface area contributed by atoms with E-state index in [2.05, 4.69) is 28.7 Å². The first-order chi connectivity index (χ1) is 10.2. The lowest BCUT2D eigenvalue weighted by atomic mass is 10.2. The Morgan fingerprint density at radius 3 is 2.76 bits per heavy atom. The van der Waals surface area contributed by atoms with Crippen LogP contribution in [0, 0.1) is 0 Å². The van der Waals surface area contributed by atoms with Gasteiger partial charge in [0.15, 0.2) is 0 Å². The van der Waals surface area contributed by atoms with Crippen LogP contribution in [0.4, 0.5) is 5.69 Å². The van der Waals surface area contributed by atoms with Gasteiger partial charge in [-0.1, -0.05) is 6.92 Å². The number of nitrogens with zero attached hydrogens (tertiary/aromatic N) is 4. The molecule has 3 aromatic rings. The summed E-state index contributed by atoms with van der Waals surface area (Å²) in [7, 11) is 1.98. The van der Waals surface area contributed by atoms with Crippen molar-refractivity contribution >= 4 is 16.7 Å². The number of aryl methyl sites for hydroxylation is 4. The second kappa shape index (κ2) is 5.60. The van der Waals surface area contributed by atoms with Gasteiger partial charge in [-0.15, -0.1) is 0 Å². The topological polar surface area (TPSA) is 61.7 Å². The number of nitrogen functional groups attached to an aromatic ring is 1. The molecule has 0 saturated carbocycles. The summed E-state index contributed by atoms with van der Waals surface area (Å²) in [5.74, 6) is 1.14. The molecule has 0 aliphatic heterocycles. The number of imidazole rings is 1. The lowest BCUT2D eigenvalue weighted by Gasteiger charge is -2.09. The van der Waals surface area contributed by atoms with E-state index < -0.39 is 0 Å². The van der Waals surface area contributed by atoms with Crippen molar-refractivity contribution in [3.63, 3.8) is 0 Å². The molecular formula is C16H21N5. The average Bonchev–Trinajstić information content (AvgIpc) is 3.00. The smallest absolute Gasteiger partial charge is 0.109 e. The maximum Gasteiger partial charge on any atom is 0.109 e. The van der Waals surface area contributed by atoms with Crippen molar-refractivity contribution in [2.75, 3.05) is 5.73 Å². The number of nitrogens with two attached hydrogens (primary N) is 1. The van der Waals surface area contributed by atoms with Gasteiger partial charge in [0.2, 0.25) is 0 Å². The van der Waals surface area contributed by atoms with Crippen molar-refractivity contribution in [1.29, 1.82) is 0 Å². The van der Waals surface area contributed by atoms with E-state index in [9.17, 15) is 0 Å². The summed E-state index contributed by atoms with van der Waals surface area (Å²) in [6.07, 6.45) is 4.86. The van der Waals surface area contributed by atoms with E-state index in [1.165, 1.54) is 5.69 Å². The van der Waals surface area contributed by atoms with Crippen LogP contribution in [0.3, 0.4) is 0 Å². The maximum absolute atomic E-state index is 5.87. The highest BCUT2D eigenvalue weighted by molar-refractivity contribution is 5.79. The van der Waals surface area contributed by atoms with Gasteiger partial charge in [-0.3, -0.25) is 4.68 Å². The zero-order valence-corrected chi connectivity index (χ0v) is 12.6. The summed E-state index contributed by atoms with van der Waals surface area (Å²) in [4.78, 5) is 4.75. The van der Waals surface area contributed by atoms with Crippen LogP contribution in [-0.4, -0.2) is 19.3 Å². The second-order valence-electron chi connectivity index (χ2n) is 5.37. The molecule has 0 aliphatic carbocycles. The molecule has 0 atom stereocenters. The molecule has 0 radical (unpaired) electrons. The van der Waals surface area contributed by atoms with Gasteiger partial charge in [-0.25, -0.2) is 4.98 Å². The van der Waals surface area contributed by atoms with Crippen LogP contribution in [0.1, 0.15) is 24.9 Å². The van der Waals surface area contributed by atoms with Gasteiger partial charge in [-0.05, 0) is 30.7 Å². The Balaban J connectivity index is 1.95.